The van der Waals surface area contributed by atoms with Gasteiger partial charge in [-0.15, -0.1) is 0 Å². The standard InChI is InChI=1S/C25H30N2O3/c1-3-5-6-12-26-24(28)14-20(18-10-11-22-23(13-18)30-16-29-22)21-15-27-25-17(4-2)8-7-9-19(21)25/h7-11,13,15,20,27H,3-6,12,14,16H2,1-2H3,(H,26,28)/t20-/m0/s1. The zero-order valence-electron chi connectivity index (χ0n) is 17.8. The lowest BCUT2D eigenvalue weighted by molar-refractivity contribution is -0.121. The second-order valence-corrected chi connectivity index (χ2v) is 7.86. The molecule has 1 amide bonds. The molecule has 0 spiro atoms. The quantitative estimate of drug-likeness (QED) is 0.475. The van der Waals surface area contributed by atoms with Gasteiger partial charge in [0.1, 0.15) is 0 Å². The van der Waals surface area contributed by atoms with Crippen LogP contribution < -0.4 is 14.8 Å². The fourth-order valence-electron chi connectivity index (χ4n) is 4.22. The van der Waals surface area contributed by atoms with E-state index in [9.17, 15) is 4.79 Å². The molecule has 2 aromatic carbocycles. The highest BCUT2D eigenvalue weighted by Crippen LogP contribution is 2.39. The monoisotopic (exact) mass is 406 g/mol. The summed E-state index contributed by atoms with van der Waals surface area (Å²) in [6, 6.07) is 12.4. The number of hydrogen-bond acceptors (Lipinski definition) is 3. The highest BCUT2D eigenvalue weighted by molar-refractivity contribution is 5.88. The van der Waals surface area contributed by atoms with E-state index < -0.39 is 0 Å². The van der Waals surface area contributed by atoms with E-state index in [-0.39, 0.29) is 18.6 Å². The molecule has 5 nitrogen and oxygen atoms in total. The van der Waals surface area contributed by atoms with Gasteiger partial charge in [0, 0.05) is 36.0 Å². The van der Waals surface area contributed by atoms with Crippen LogP contribution in [0.1, 0.15) is 62.1 Å². The second-order valence-electron chi connectivity index (χ2n) is 7.86. The molecule has 0 saturated carbocycles. The average Bonchev–Trinajstić information content (AvgIpc) is 3.41. The molecule has 0 fully saturated rings. The molecule has 0 radical (unpaired) electrons. The zero-order chi connectivity index (χ0) is 20.9. The summed E-state index contributed by atoms with van der Waals surface area (Å²) in [5.41, 5.74) is 4.64. The Bertz CT molecular complexity index is 1020. The van der Waals surface area contributed by atoms with Gasteiger partial charge in [0.15, 0.2) is 11.5 Å². The number of carbonyl (C=O) groups excluding carboxylic acids is 1. The van der Waals surface area contributed by atoms with Gasteiger partial charge in [-0.25, -0.2) is 0 Å². The number of amides is 1. The number of aromatic nitrogens is 1. The molecule has 30 heavy (non-hydrogen) atoms. The number of nitrogens with one attached hydrogen (secondary N) is 2. The fraction of sp³-hybridized carbons (Fsp3) is 0.400. The number of aryl methyl sites for hydroxylation is 1. The molecule has 2 heterocycles. The van der Waals surface area contributed by atoms with E-state index >= 15 is 0 Å². The Balaban J connectivity index is 1.66. The van der Waals surface area contributed by atoms with Crippen molar-refractivity contribution in [3.63, 3.8) is 0 Å². The predicted octanol–water partition coefficient (Wildman–Crippen LogP) is 5.29. The first kappa shape index (κ1) is 20.3. The van der Waals surface area contributed by atoms with Gasteiger partial charge in [0.05, 0.1) is 0 Å². The lowest BCUT2D eigenvalue weighted by Crippen LogP contribution is -2.26. The van der Waals surface area contributed by atoms with E-state index in [1.807, 2.05) is 18.2 Å². The van der Waals surface area contributed by atoms with Crippen LogP contribution in [0.5, 0.6) is 11.5 Å². The minimum absolute atomic E-state index is 0.0634. The first-order chi connectivity index (χ1) is 14.7. The van der Waals surface area contributed by atoms with Crippen LogP contribution in [0, 0.1) is 0 Å². The maximum absolute atomic E-state index is 12.8. The summed E-state index contributed by atoms with van der Waals surface area (Å²) in [6.07, 6.45) is 6.71. The molecule has 1 aliphatic rings. The van der Waals surface area contributed by atoms with Gasteiger partial charge in [-0.3, -0.25) is 4.79 Å². The van der Waals surface area contributed by atoms with Crippen molar-refractivity contribution in [1.29, 1.82) is 0 Å². The smallest absolute Gasteiger partial charge is 0.231 e. The highest BCUT2D eigenvalue weighted by atomic mass is 16.7. The molecule has 2 N–H and O–H groups in total. The third-order valence-corrected chi connectivity index (χ3v) is 5.88. The summed E-state index contributed by atoms with van der Waals surface area (Å²) in [4.78, 5) is 16.3. The van der Waals surface area contributed by atoms with Crippen molar-refractivity contribution < 1.29 is 14.3 Å². The van der Waals surface area contributed by atoms with E-state index in [1.54, 1.807) is 0 Å². The van der Waals surface area contributed by atoms with Crippen molar-refractivity contribution in [1.82, 2.24) is 10.3 Å². The summed E-state index contributed by atoms with van der Waals surface area (Å²) in [6.45, 7) is 5.30. The lowest BCUT2D eigenvalue weighted by atomic mass is 9.87. The van der Waals surface area contributed by atoms with Gasteiger partial charge < -0.3 is 19.8 Å². The first-order valence-electron chi connectivity index (χ1n) is 11.0. The maximum Gasteiger partial charge on any atom is 0.231 e. The molecule has 0 saturated heterocycles. The van der Waals surface area contributed by atoms with Crippen LogP contribution in [0.4, 0.5) is 0 Å². The van der Waals surface area contributed by atoms with Crippen LogP contribution in [0.2, 0.25) is 0 Å². The van der Waals surface area contributed by atoms with Gasteiger partial charge in [-0.05, 0) is 41.7 Å². The number of carbonyl (C=O) groups is 1. The van der Waals surface area contributed by atoms with E-state index in [4.69, 9.17) is 9.47 Å². The summed E-state index contributed by atoms with van der Waals surface area (Å²) in [5, 5.41) is 4.27. The van der Waals surface area contributed by atoms with Crippen molar-refractivity contribution in [2.45, 2.75) is 51.9 Å². The molecule has 1 aliphatic heterocycles. The summed E-state index contributed by atoms with van der Waals surface area (Å²) >= 11 is 0. The number of H-pyrrole nitrogens is 1. The highest BCUT2D eigenvalue weighted by Gasteiger charge is 2.24. The summed E-state index contributed by atoms with van der Waals surface area (Å²) in [7, 11) is 0. The first-order valence-corrected chi connectivity index (χ1v) is 11.0. The number of para-hydroxylation sites is 1. The number of ether oxygens (including phenoxy) is 2. The summed E-state index contributed by atoms with van der Waals surface area (Å²) < 4.78 is 11.1. The molecule has 0 aliphatic carbocycles. The van der Waals surface area contributed by atoms with E-state index in [1.165, 1.54) is 10.9 Å². The average molecular weight is 407 g/mol. The van der Waals surface area contributed by atoms with Gasteiger partial charge in [0.2, 0.25) is 12.7 Å². The van der Waals surface area contributed by atoms with E-state index in [0.29, 0.717) is 6.42 Å². The molecule has 0 unspecified atom stereocenters. The number of hydrogen-bond donors (Lipinski definition) is 2. The van der Waals surface area contributed by atoms with Crippen molar-refractivity contribution in [3.8, 4) is 11.5 Å². The largest absolute Gasteiger partial charge is 0.454 e. The molecule has 158 valence electrons. The predicted molar refractivity (Wildman–Crippen MR) is 119 cm³/mol. The van der Waals surface area contributed by atoms with Crippen molar-refractivity contribution in [2.75, 3.05) is 13.3 Å². The van der Waals surface area contributed by atoms with E-state index in [2.05, 4.69) is 48.5 Å². The Morgan fingerprint density at radius 3 is 2.83 bits per heavy atom. The fourth-order valence-corrected chi connectivity index (χ4v) is 4.22. The van der Waals surface area contributed by atoms with E-state index in [0.717, 1.165) is 60.4 Å². The second kappa shape index (κ2) is 9.24. The maximum atomic E-state index is 12.8. The Labute approximate surface area is 177 Å². The summed E-state index contributed by atoms with van der Waals surface area (Å²) in [5.74, 6) is 1.52. The Morgan fingerprint density at radius 1 is 1.13 bits per heavy atom. The van der Waals surface area contributed by atoms with Gasteiger partial charge in [0.25, 0.3) is 0 Å². The molecule has 1 aromatic heterocycles. The Morgan fingerprint density at radius 2 is 2.00 bits per heavy atom. The molecule has 5 heteroatoms. The topological polar surface area (TPSA) is 63.4 Å². The molecular weight excluding hydrogens is 376 g/mol. The molecule has 0 bridgehead atoms. The molecule has 1 atom stereocenters. The van der Waals surface area contributed by atoms with Gasteiger partial charge in [-0.1, -0.05) is 51.0 Å². The van der Waals surface area contributed by atoms with Crippen LogP contribution in [-0.4, -0.2) is 24.2 Å². The lowest BCUT2D eigenvalue weighted by Gasteiger charge is -2.18. The normalized spacial score (nSPS) is 13.5. The third kappa shape index (κ3) is 4.16. The van der Waals surface area contributed by atoms with Gasteiger partial charge in [-0.2, -0.15) is 0 Å². The van der Waals surface area contributed by atoms with Crippen LogP contribution >= 0.6 is 0 Å². The SMILES string of the molecule is CCCCCNC(=O)C[C@@H](c1ccc2c(c1)OCO2)c1c[nH]c2c(CC)cccc12. The molecular formula is C25H30N2O3. The number of rotatable bonds is 9. The number of fused-ring (bicyclic) bond motifs is 2. The Hall–Kier alpha value is -2.95. The van der Waals surface area contributed by atoms with Crippen LogP contribution in [-0.2, 0) is 11.2 Å². The Kier molecular flexibility index (Phi) is 6.26. The number of unbranched alkanes of at least 4 members (excludes halogenated alkanes) is 2. The third-order valence-electron chi connectivity index (χ3n) is 5.88. The molecule has 4 rings (SSSR count). The van der Waals surface area contributed by atoms with Crippen LogP contribution in [0.15, 0.2) is 42.6 Å². The van der Waals surface area contributed by atoms with Crippen molar-refractivity contribution >= 4 is 16.8 Å². The van der Waals surface area contributed by atoms with Gasteiger partial charge >= 0.3 is 0 Å². The number of aromatic amines is 1. The van der Waals surface area contributed by atoms with Crippen LogP contribution in [0.3, 0.4) is 0 Å². The number of benzene rings is 2. The minimum atomic E-state index is -0.0634. The van der Waals surface area contributed by atoms with Crippen LogP contribution in [0.25, 0.3) is 10.9 Å². The molecule has 3 aromatic rings. The zero-order valence-corrected chi connectivity index (χ0v) is 17.8. The minimum Gasteiger partial charge on any atom is -0.454 e. The van der Waals surface area contributed by atoms with Crippen molar-refractivity contribution in [3.05, 3.63) is 59.3 Å². The van der Waals surface area contributed by atoms with Crippen molar-refractivity contribution in [2.24, 2.45) is 0 Å².